The molecule has 0 saturated carbocycles. The zero-order chi connectivity index (χ0) is 14.5. The fourth-order valence-corrected chi connectivity index (χ4v) is 2.32. The molecule has 0 amide bonds. The molecule has 0 atom stereocenters. The monoisotopic (exact) mass is 328 g/mol. The van der Waals surface area contributed by atoms with Crippen molar-refractivity contribution in [1.82, 2.24) is 0 Å². The number of ketones is 1. The molecule has 3 nitrogen and oxygen atoms in total. The standard InChI is InChI=1S/C16H13BrN2O/c1-11(20)14-7-6-12(9-18)8-16(14)19-10-13-4-2-3-5-15(13)17/h2-8,19H,10H2,1H3. The van der Waals surface area contributed by atoms with Crippen LogP contribution in [0.15, 0.2) is 46.9 Å². The smallest absolute Gasteiger partial charge is 0.161 e. The molecule has 0 aliphatic rings. The molecule has 0 radical (unpaired) electrons. The maximum absolute atomic E-state index is 11.6. The number of nitriles is 1. The van der Waals surface area contributed by atoms with Crippen LogP contribution >= 0.6 is 15.9 Å². The van der Waals surface area contributed by atoms with E-state index in [1.807, 2.05) is 24.3 Å². The van der Waals surface area contributed by atoms with E-state index in [1.165, 1.54) is 6.92 Å². The van der Waals surface area contributed by atoms with E-state index in [0.717, 1.165) is 10.0 Å². The van der Waals surface area contributed by atoms with Gasteiger partial charge in [-0.15, -0.1) is 0 Å². The predicted octanol–water partition coefficient (Wildman–Crippen LogP) is 4.14. The molecule has 0 heterocycles. The van der Waals surface area contributed by atoms with Gasteiger partial charge in [0.25, 0.3) is 0 Å². The van der Waals surface area contributed by atoms with Crippen molar-refractivity contribution in [2.45, 2.75) is 13.5 Å². The molecule has 0 fully saturated rings. The van der Waals surface area contributed by atoms with Crippen molar-refractivity contribution < 1.29 is 4.79 Å². The average Bonchev–Trinajstić information content (AvgIpc) is 2.46. The molecule has 0 aromatic heterocycles. The van der Waals surface area contributed by atoms with Crippen LogP contribution in [0, 0.1) is 11.3 Å². The summed E-state index contributed by atoms with van der Waals surface area (Å²) in [4.78, 5) is 11.6. The Bertz CT molecular complexity index is 689. The van der Waals surface area contributed by atoms with E-state index >= 15 is 0 Å². The number of hydrogen-bond acceptors (Lipinski definition) is 3. The van der Waals surface area contributed by atoms with Gasteiger partial charge in [0.2, 0.25) is 0 Å². The molecule has 4 heteroatoms. The van der Waals surface area contributed by atoms with Crippen LogP contribution in [0.2, 0.25) is 0 Å². The molecular formula is C16H13BrN2O. The summed E-state index contributed by atoms with van der Waals surface area (Å²) in [6.07, 6.45) is 0. The molecule has 20 heavy (non-hydrogen) atoms. The fraction of sp³-hybridized carbons (Fsp3) is 0.125. The van der Waals surface area contributed by atoms with Gasteiger partial charge in [-0.05, 0) is 36.8 Å². The number of nitrogens with one attached hydrogen (secondary N) is 1. The maximum Gasteiger partial charge on any atom is 0.161 e. The molecule has 1 N–H and O–H groups in total. The van der Waals surface area contributed by atoms with Gasteiger partial charge in [-0.3, -0.25) is 4.79 Å². The van der Waals surface area contributed by atoms with E-state index in [2.05, 4.69) is 27.3 Å². The predicted molar refractivity (Wildman–Crippen MR) is 82.6 cm³/mol. The number of carbonyl (C=O) groups excluding carboxylic acids is 1. The molecule has 0 aliphatic heterocycles. The zero-order valence-electron chi connectivity index (χ0n) is 11.0. The van der Waals surface area contributed by atoms with Gasteiger partial charge in [-0.25, -0.2) is 0 Å². The lowest BCUT2D eigenvalue weighted by Crippen LogP contribution is -2.05. The van der Waals surface area contributed by atoms with Gasteiger partial charge in [-0.2, -0.15) is 5.26 Å². The van der Waals surface area contributed by atoms with Crippen LogP contribution in [0.25, 0.3) is 0 Å². The average molecular weight is 329 g/mol. The van der Waals surface area contributed by atoms with E-state index in [4.69, 9.17) is 5.26 Å². The lowest BCUT2D eigenvalue weighted by atomic mass is 10.1. The highest BCUT2D eigenvalue weighted by molar-refractivity contribution is 9.10. The summed E-state index contributed by atoms with van der Waals surface area (Å²) in [5.74, 6) is -0.0240. The van der Waals surface area contributed by atoms with Crippen molar-refractivity contribution in [3.8, 4) is 6.07 Å². The Morgan fingerprint density at radius 2 is 2.05 bits per heavy atom. The summed E-state index contributed by atoms with van der Waals surface area (Å²) in [5, 5.41) is 12.2. The van der Waals surface area contributed by atoms with Crippen LogP contribution in [-0.2, 0) is 6.54 Å². The maximum atomic E-state index is 11.6. The SMILES string of the molecule is CC(=O)c1ccc(C#N)cc1NCc1ccccc1Br. The molecule has 0 aliphatic carbocycles. The number of rotatable bonds is 4. The third-order valence-electron chi connectivity index (χ3n) is 2.96. The van der Waals surface area contributed by atoms with E-state index in [9.17, 15) is 4.79 Å². The number of anilines is 1. The van der Waals surface area contributed by atoms with Crippen LogP contribution in [0.5, 0.6) is 0 Å². The minimum atomic E-state index is -0.0240. The topological polar surface area (TPSA) is 52.9 Å². The van der Waals surface area contributed by atoms with Gasteiger partial charge >= 0.3 is 0 Å². The number of benzene rings is 2. The molecule has 2 aromatic carbocycles. The fourth-order valence-electron chi connectivity index (χ4n) is 1.90. The van der Waals surface area contributed by atoms with E-state index in [-0.39, 0.29) is 5.78 Å². The van der Waals surface area contributed by atoms with Crippen molar-refractivity contribution in [2.24, 2.45) is 0 Å². The summed E-state index contributed by atoms with van der Waals surface area (Å²) in [6, 6.07) is 15.0. The largest absolute Gasteiger partial charge is 0.380 e. The minimum Gasteiger partial charge on any atom is -0.380 e. The van der Waals surface area contributed by atoms with Crippen LogP contribution < -0.4 is 5.32 Å². The van der Waals surface area contributed by atoms with E-state index in [0.29, 0.717) is 23.4 Å². The first-order valence-corrected chi connectivity index (χ1v) is 6.93. The van der Waals surface area contributed by atoms with Gasteiger partial charge in [-0.1, -0.05) is 34.1 Å². The normalized spacial score (nSPS) is 9.85. The Hall–Kier alpha value is -2.12. The highest BCUT2D eigenvalue weighted by Crippen LogP contribution is 2.21. The number of halogens is 1. The first-order chi connectivity index (χ1) is 9.61. The number of nitrogens with zero attached hydrogens (tertiary/aromatic N) is 1. The molecule has 2 aromatic rings. The summed E-state index contributed by atoms with van der Waals surface area (Å²) >= 11 is 3.49. The van der Waals surface area contributed by atoms with Crippen LogP contribution in [0.4, 0.5) is 5.69 Å². The number of Topliss-reactive ketones (excluding diaryl/α,β-unsaturated/α-hetero) is 1. The Morgan fingerprint density at radius 3 is 2.70 bits per heavy atom. The first kappa shape index (κ1) is 14.3. The molecular weight excluding hydrogens is 316 g/mol. The first-order valence-electron chi connectivity index (χ1n) is 6.14. The zero-order valence-corrected chi connectivity index (χ0v) is 12.6. The second kappa shape index (κ2) is 6.36. The molecule has 100 valence electrons. The van der Waals surface area contributed by atoms with Gasteiger partial charge < -0.3 is 5.32 Å². The van der Waals surface area contributed by atoms with Gasteiger partial charge in [0.05, 0.1) is 11.6 Å². The molecule has 0 unspecified atom stereocenters. The summed E-state index contributed by atoms with van der Waals surface area (Å²) in [5.41, 5.74) is 2.90. The van der Waals surface area contributed by atoms with E-state index in [1.54, 1.807) is 18.2 Å². The molecule has 2 rings (SSSR count). The summed E-state index contributed by atoms with van der Waals surface area (Å²) in [7, 11) is 0. The Labute approximate surface area is 126 Å². The number of carbonyl (C=O) groups is 1. The Kier molecular flexibility index (Phi) is 4.54. The van der Waals surface area contributed by atoms with Crippen molar-refractivity contribution in [2.75, 3.05) is 5.32 Å². The van der Waals surface area contributed by atoms with Gasteiger partial charge in [0.1, 0.15) is 0 Å². The minimum absolute atomic E-state index is 0.0240. The third-order valence-corrected chi connectivity index (χ3v) is 3.73. The second-order valence-electron chi connectivity index (χ2n) is 4.37. The van der Waals surface area contributed by atoms with Crippen LogP contribution in [0.1, 0.15) is 28.4 Å². The number of hydrogen-bond donors (Lipinski definition) is 1. The lowest BCUT2D eigenvalue weighted by molar-refractivity contribution is 0.101. The van der Waals surface area contributed by atoms with Crippen LogP contribution in [-0.4, -0.2) is 5.78 Å². The molecule has 0 spiro atoms. The summed E-state index contributed by atoms with van der Waals surface area (Å²) in [6.45, 7) is 2.10. The third kappa shape index (κ3) is 3.25. The highest BCUT2D eigenvalue weighted by atomic mass is 79.9. The summed E-state index contributed by atoms with van der Waals surface area (Å²) < 4.78 is 1.01. The molecule has 0 bridgehead atoms. The van der Waals surface area contributed by atoms with Crippen molar-refractivity contribution in [3.05, 3.63) is 63.6 Å². The molecule has 0 saturated heterocycles. The van der Waals surface area contributed by atoms with Gasteiger partial charge in [0, 0.05) is 22.3 Å². The highest BCUT2D eigenvalue weighted by Gasteiger charge is 2.08. The van der Waals surface area contributed by atoms with E-state index < -0.39 is 0 Å². The quantitative estimate of drug-likeness (QED) is 0.858. The second-order valence-corrected chi connectivity index (χ2v) is 5.23. The van der Waals surface area contributed by atoms with Crippen LogP contribution in [0.3, 0.4) is 0 Å². The van der Waals surface area contributed by atoms with Gasteiger partial charge in [0.15, 0.2) is 5.78 Å². The van der Waals surface area contributed by atoms with Crippen molar-refractivity contribution in [1.29, 1.82) is 5.26 Å². The lowest BCUT2D eigenvalue weighted by Gasteiger charge is -2.11. The Balaban J connectivity index is 2.26. The Morgan fingerprint density at radius 1 is 1.30 bits per heavy atom. The van der Waals surface area contributed by atoms with Crippen molar-refractivity contribution in [3.63, 3.8) is 0 Å². The van der Waals surface area contributed by atoms with Crippen molar-refractivity contribution >= 4 is 27.4 Å².